The van der Waals surface area contributed by atoms with Crippen molar-refractivity contribution in [1.82, 2.24) is 10.2 Å². The Bertz CT molecular complexity index is 1100. The first-order valence-corrected chi connectivity index (χ1v) is 13.6. The SMILES string of the molecule is CCCNC(=O)[C@@H](C)N(Cc1ccc(Br)cc1)C(=O)CN(c1cccc(Cl)c1Cl)S(C)(=O)=O. The molecule has 0 saturated heterocycles. The van der Waals surface area contributed by atoms with Gasteiger partial charge in [-0.15, -0.1) is 0 Å². The van der Waals surface area contributed by atoms with E-state index in [4.69, 9.17) is 23.2 Å². The molecule has 11 heteroatoms. The van der Waals surface area contributed by atoms with Crippen molar-refractivity contribution in [1.29, 1.82) is 0 Å². The lowest BCUT2D eigenvalue weighted by molar-refractivity contribution is -0.139. The number of carbonyl (C=O) groups is 2. The Morgan fingerprint density at radius 2 is 1.76 bits per heavy atom. The second-order valence-corrected chi connectivity index (χ2v) is 11.1. The Morgan fingerprint density at radius 3 is 2.33 bits per heavy atom. The molecule has 0 heterocycles. The lowest BCUT2D eigenvalue weighted by Crippen LogP contribution is -2.51. The van der Waals surface area contributed by atoms with Crippen LogP contribution in [0.5, 0.6) is 0 Å². The number of benzene rings is 2. The lowest BCUT2D eigenvalue weighted by atomic mass is 10.1. The van der Waals surface area contributed by atoms with E-state index in [-0.39, 0.29) is 28.2 Å². The number of hydrogen-bond acceptors (Lipinski definition) is 4. The predicted octanol–water partition coefficient (Wildman–Crippen LogP) is 4.47. The summed E-state index contributed by atoms with van der Waals surface area (Å²) in [5.41, 5.74) is 0.875. The van der Waals surface area contributed by atoms with Gasteiger partial charge in [-0.2, -0.15) is 0 Å². The summed E-state index contributed by atoms with van der Waals surface area (Å²) in [7, 11) is -3.89. The zero-order chi connectivity index (χ0) is 24.8. The number of anilines is 1. The highest BCUT2D eigenvalue weighted by Gasteiger charge is 2.31. The molecule has 0 unspecified atom stereocenters. The number of hydrogen-bond donors (Lipinski definition) is 1. The number of amides is 2. The number of nitrogens with one attached hydrogen (secondary N) is 1. The van der Waals surface area contributed by atoms with Gasteiger partial charge in [-0.05, 0) is 43.2 Å². The van der Waals surface area contributed by atoms with Gasteiger partial charge < -0.3 is 10.2 Å². The van der Waals surface area contributed by atoms with Crippen molar-refractivity contribution < 1.29 is 18.0 Å². The van der Waals surface area contributed by atoms with Crippen LogP contribution in [0.3, 0.4) is 0 Å². The van der Waals surface area contributed by atoms with E-state index in [1.54, 1.807) is 13.0 Å². The molecule has 2 aromatic rings. The van der Waals surface area contributed by atoms with E-state index in [1.807, 2.05) is 31.2 Å². The van der Waals surface area contributed by atoms with E-state index in [9.17, 15) is 18.0 Å². The monoisotopic (exact) mass is 577 g/mol. The van der Waals surface area contributed by atoms with E-state index in [1.165, 1.54) is 17.0 Å². The molecule has 33 heavy (non-hydrogen) atoms. The molecule has 0 radical (unpaired) electrons. The molecule has 1 N–H and O–H groups in total. The summed E-state index contributed by atoms with van der Waals surface area (Å²) in [6.45, 7) is 3.58. The molecule has 2 aromatic carbocycles. The largest absolute Gasteiger partial charge is 0.354 e. The molecule has 0 aliphatic heterocycles. The van der Waals surface area contributed by atoms with Crippen LogP contribution in [0.1, 0.15) is 25.8 Å². The predicted molar refractivity (Wildman–Crippen MR) is 136 cm³/mol. The van der Waals surface area contributed by atoms with Crippen molar-refractivity contribution in [2.75, 3.05) is 23.7 Å². The molecule has 2 amide bonds. The summed E-state index contributed by atoms with van der Waals surface area (Å²) in [4.78, 5) is 27.4. The van der Waals surface area contributed by atoms with Crippen LogP contribution in [0.4, 0.5) is 5.69 Å². The summed E-state index contributed by atoms with van der Waals surface area (Å²) >= 11 is 15.7. The van der Waals surface area contributed by atoms with E-state index >= 15 is 0 Å². The van der Waals surface area contributed by atoms with Crippen LogP contribution >= 0.6 is 39.1 Å². The van der Waals surface area contributed by atoms with Gasteiger partial charge >= 0.3 is 0 Å². The fraction of sp³-hybridized carbons (Fsp3) is 0.364. The van der Waals surface area contributed by atoms with Crippen LogP contribution in [0.15, 0.2) is 46.9 Å². The van der Waals surface area contributed by atoms with Crippen LogP contribution in [-0.2, 0) is 26.2 Å². The molecule has 0 spiro atoms. The Morgan fingerprint density at radius 1 is 1.12 bits per heavy atom. The first kappa shape index (κ1) is 27.4. The summed E-state index contributed by atoms with van der Waals surface area (Å²) in [6.07, 6.45) is 1.72. The smallest absolute Gasteiger partial charge is 0.244 e. The molecule has 0 aromatic heterocycles. The van der Waals surface area contributed by atoms with Gasteiger partial charge in [-0.1, -0.05) is 64.3 Å². The van der Waals surface area contributed by atoms with Gasteiger partial charge in [0.2, 0.25) is 21.8 Å². The van der Waals surface area contributed by atoms with Crippen molar-refractivity contribution in [3.63, 3.8) is 0 Å². The Balaban J connectivity index is 2.40. The quantitative estimate of drug-likeness (QED) is 0.451. The average molecular weight is 579 g/mol. The Kier molecular flexibility index (Phi) is 10.0. The fourth-order valence-electron chi connectivity index (χ4n) is 3.04. The van der Waals surface area contributed by atoms with Gasteiger partial charge in [0.1, 0.15) is 12.6 Å². The number of nitrogens with zero attached hydrogens (tertiary/aromatic N) is 2. The van der Waals surface area contributed by atoms with Crippen LogP contribution in [0.2, 0.25) is 10.0 Å². The number of carbonyl (C=O) groups excluding carboxylic acids is 2. The Labute approximate surface area is 213 Å². The van der Waals surface area contributed by atoms with Crippen LogP contribution in [0, 0.1) is 0 Å². The zero-order valence-corrected chi connectivity index (χ0v) is 22.4. The Hall–Kier alpha value is -1.81. The minimum atomic E-state index is -3.89. The van der Waals surface area contributed by atoms with Gasteiger partial charge in [0.05, 0.1) is 22.0 Å². The summed E-state index contributed by atoms with van der Waals surface area (Å²) < 4.78 is 26.9. The van der Waals surface area contributed by atoms with Crippen LogP contribution in [0.25, 0.3) is 0 Å². The average Bonchev–Trinajstić information content (AvgIpc) is 2.76. The lowest BCUT2D eigenvalue weighted by Gasteiger charge is -2.31. The summed E-state index contributed by atoms with van der Waals surface area (Å²) in [6, 6.07) is 11.0. The molecular weight excluding hydrogens is 553 g/mol. The van der Waals surface area contributed by atoms with E-state index in [2.05, 4.69) is 21.2 Å². The van der Waals surface area contributed by atoms with Crippen LogP contribution < -0.4 is 9.62 Å². The topological polar surface area (TPSA) is 86.8 Å². The molecule has 1 atom stereocenters. The molecule has 0 aliphatic carbocycles. The minimum absolute atomic E-state index is 0.0191. The first-order valence-electron chi connectivity index (χ1n) is 10.2. The molecule has 0 aliphatic rings. The number of sulfonamides is 1. The van der Waals surface area contributed by atoms with Gasteiger partial charge in [0.15, 0.2) is 0 Å². The zero-order valence-electron chi connectivity index (χ0n) is 18.5. The molecular formula is C22H26BrCl2N3O4S. The van der Waals surface area contributed by atoms with E-state index in [0.717, 1.165) is 27.0 Å². The highest BCUT2D eigenvalue weighted by Crippen LogP contribution is 2.33. The fourth-order valence-corrected chi connectivity index (χ4v) is 4.61. The molecule has 2 rings (SSSR count). The van der Waals surface area contributed by atoms with Gasteiger partial charge in [-0.25, -0.2) is 8.42 Å². The molecule has 180 valence electrons. The van der Waals surface area contributed by atoms with Crippen LogP contribution in [-0.4, -0.2) is 50.5 Å². The minimum Gasteiger partial charge on any atom is -0.354 e. The third-order valence-corrected chi connectivity index (χ3v) is 7.33. The molecule has 7 nitrogen and oxygen atoms in total. The molecule has 0 fully saturated rings. The maximum Gasteiger partial charge on any atom is 0.244 e. The van der Waals surface area contributed by atoms with Crippen molar-refractivity contribution in [2.45, 2.75) is 32.9 Å². The standard InChI is InChI=1S/C22H26BrCl2N3O4S/c1-4-12-26-22(30)15(2)27(13-16-8-10-17(23)11-9-16)20(29)14-28(33(3,31)32)19-7-5-6-18(24)21(19)25/h5-11,15H,4,12-14H2,1-3H3,(H,26,30)/t15-/m1/s1. The van der Waals surface area contributed by atoms with E-state index in [0.29, 0.717) is 6.54 Å². The van der Waals surface area contributed by atoms with Gasteiger partial charge in [0.25, 0.3) is 0 Å². The van der Waals surface area contributed by atoms with Crippen molar-refractivity contribution in [3.8, 4) is 0 Å². The molecule has 0 saturated carbocycles. The number of rotatable bonds is 10. The van der Waals surface area contributed by atoms with E-state index < -0.39 is 28.5 Å². The number of halogens is 3. The second-order valence-electron chi connectivity index (χ2n) is 7.46. The van der Waals surface area contributed by atoms with Gasteiger partial charge in [-0.3, -0.25) is 13.9 Å². The summed E-state index contributed by atoms with van der Waals surface area (Å²) in [5, 5.41) is 2.96. The maximum absolute atomic E-state index is 13.4. The third kappa shape index (κ3) is 7.60. The highest BCUT2D eigenvalue weighted by molar-refractivity contribution is 9.10. The first-order chi connectivity index (χ1) is 15.5. The third-order valence-electron chi connectivity index (χ3n) is 4.86. The summed E-state index contributed by atoms with van der Waals surface area (Å²) in [5.74, 6) is -0.882. The maximum atomic E-state index is 13.4. The van der Waals surface area contributed by atoms with Crippen molar-refractivity contribution >= 4 is 66.7 Å². The highest BCUT2D eigenvalue weighted by atomic mass is 79.9. The van der Waals surface area contributed by atoms with Crippen molar-refractivity contribution in [2.24, 2.45) is 0 Å². The molecule has 0 bridgehead atoms. The normalized spacial score (nSPS) is 12.2. The van der Waals surface area contributed by atoms with Gasteiger partial charge in [0, 0.05) is 17.6 Å². The second kappa shape index (κ2) is 12.1. The van der Waals surface area contributed by atoms with Crippen molar-refractivity contribution in [3.05, 3.63) is 62.5 Å².